The Morgan fingerprint density at radius 2 is 2.11 bits per heavy atom. The van der Waals surface area contributed by atoms with Crippen molar-refractivity contribution in [3.05, 3.63) is 53.5 Å². The summed E-state index contributed by atoms with van der Waals surface area (Å²) in [4.78, 5) is 4.27. The van der Waals surface area contributed by atoms with E-state index in [1.807, 2.05) is 26.0 Å². The van der Waals surface area contributed by atoms with Crippen LogP contribution in [0.4, 0.5) is 10.2 Å². The second kappa shape index (κ2) is 6.18. The van der Waals surface area contributed by atoms with Crippen LogP contribution in [0.3, 0.4) is 0 Å². The molecule has 100 valence electrons. The van der Waals surface area contributed by atoms with Crippen LogP contribution >= 0.6 is 0 Å². The van der Waals surface area contributed by atoms with Gasteiger partial charge in [0, 0.05) is 18.3 Å². The monoisotopic (exact) mass is 260 g/mol. The minimum atomic E-state index is -0.249. The second-order valence-corrected chi connectivity index (χ2v) is 4.28. The van der Waals surface area contributed by atoms with Crippen molar-refractivity contribution in [2.45, 2.75) is 20.5 Å². The van der Waals surface area contributed by atoms with Gasteiger partial charge < -0.3 is 10.1 Å². The zero-order valence-corrected chi connectivity index (χ0v) is 11.1. The Hall–Kier alpha value is -2.10. The zero-order valence-electron chi connectivity index (χ0n) is 11.1. The smallest absolute Gasteiger partial charge is 0.125 e. The van der Waals surface area contributed by atoms with Gasteiger partial charge in [-0.25, -0.2) is 9.37 Å². The number of aryl methyl sites for hydroxylation is 1. The van der Waals surface area contributed by atoms with Crippen LogP contribution < -0.4 is 10.1 Å². The molecule has 0 unspecified atom stereocenters. The number of nitrogens with one attached hydrogen (secondary N) is 1. The number of hydrogen-bond acceptors (Lipinski definition) is 3. The van der Waals surface area contributed by atoms with Gasteiger partial charge in [-0.1, -0.05) is 6.07 Å². The van der Waals surface area contributed by atoms with E-state index >= 15 is 0 Å². The van der Waals surface area contributed by atoms with E-state index in [0.717, 1.165) is 23.5 Å². The lowest BCUT2D eigenvalue weighted by Crippen LogP contribution is -2.01. The van der Waals surface area contributed by atoms with Gasteiger partial charge in [-0.05, 0) is 43.7 Å². The summed E-state index contributed by atoms with van der Waals surface area (Å²) in [5.74, 6) is 1.29. The van der Waals surface area contributed by atoms with Crippen LogP contribution in [0, 0.1) is 12.7 Å². The largest absolute Gasteiger partial charge is 0.489 e. The van der Waals surface area contributed by atoms with Gasteiger partial charge in [0.15, 0.2) is 0 Å². The number of nitrogens with zero attached hydrogens (tertiary/aromatic N) is 1. The molecule has 3 nitrogen and oxygen atoms in total. The minimum Gasteiger partial charge on any atom is -0.489 e. The van der Waals surface area contributed by atoms with Crippen LogP contribution in [0.15, 0.2) is 36.5 Å². The summed E-state index contributed by atoms with van der Waals surface area (Å²) < 4.78 is 18.6. The fourth-order valence-corrected chi connectivity index (χ4v) is 1.73. The number of halogens is 1. The quantitative estimate of drug-likeness (QED) is 0.892. The number of benzene rings is 1. The molecule has 19 heavy (non-hydrogen) atoms. The van der Waals surface area contributed by atoms with Crippen LogP contribution in [0.5, 0.6) is 5.75 Å². The van der Waals surface area contributed by atoms with Gasteiger partial charge in [0.1, 0.15) is 24.0 Å². The molecule has 0 aliphatic heterocycles. The van der Waals surface area contributed by atoms with Crippen molar-refractivity contribution in [1.82, 2.24) is 4.98 Å². The first-order valence-corrected chi connectivity index (χ1v) is 6.27. The highest BCUT2D eigenvalue weighted by Gasteiger charge is 2.02. The Morgan fingerprint density at radius 1 is 1.26 bits per heavy atom. The SMILES string of the molecule is CCNc1ccc(COc2ccc(F)cc2C)cn1. The molecule has 1 heterocycles. The maximum Gasteiger partial charge on any atom is 0.125 e. The average molecular weight is 260 g/mol. The fraction of sp³-hybridized carbons (Fsp3) is 0.267. The number of anilines is 1. The summed E-state index contributed by atoms with van der Waals surface area (Å²) in [7, 11) is 0. The number of rotatable bonds is 5. The molecule has 0 amide bonds. The number of pyridine rings is 1. The van der Waals surface area contributed by atoms with Crippen molar-refractivity contribution in [2.75, 3.05) is 11.9 Å². The molecule has 1 aromatic carbocycles. The lowest BCUT2D eigenvalue weighted by Gasteiger charge is -2.09. The standard InChI is InChI=1S/C15H17FN2O/c1-3-17-15-7-4-12(9-18-15)10-19-14-6-5-13(16)8-11(14)2/h4-9H,3,10H2,1-2H3,(H,17,18). The summed E-state index contributed by atoms with van der Waals surface area (Å²) in [6, 6.07) is 8.38. The Labute approximate surface area is 112 Å². The average Bonchev–Trinajstić information content (AvgIpc) is 2.40. The van der Waals surface area contributed by atoms with Crippen molar-refractivity contribution in [2.24, 2.45) is 0 Å². The Morgan fingerprint density at radius 3 is 2.74 bits per heavy atom. The van der Waals surface area contributed by atoms with Gasteiger partial charge in [-0.3, -0.25) is 0 Å². The van der Waals surface area contributed by atoms with Gasteiger partial charge in [-0.15, -0.1) is 0 Å². The van der Waals surface area contributed by atoms with Crippen molar-refractivity contribution in [3.8, 4) is 5.75 Å². The molecule has 0 fully saturated rings. The highest BCUT2D eigenvalue weighted by molar-refractivity contribution is 5.36. The molecule has 0 saturated carbocycles. The fourth-order valence-electron chi connectivity index (χ4n) is 1.73. The molecule has 0 spiro atoms. The van der Waals surface area contributed by atoms with E-state index in [1.165, 1.54) is 12.1 Å². The van der Waals surface area contributed by atoms with E-state index < -0.39 is 0 Å². The van der Waals surface area contributed by atoms with Gasteiger partial charge >= 0.3 is 0 Å². The molecule has 4 heteroatoms. The molecular formula is C15H17FN2O. The maximum absolute atomic E-state index is 13.0. The van der Waals surface area contributed by atoms with Crippen LogP contribution in [0.2, 0.25) is 0 Å². The van der Waals surface area contributed by atoms with Gasteiger partial charge in [0.2, 0.25) is 0 Å². The summed E-state index contributed by atoms with van der Waals surface area (Å²) >= 11 is 0. The Balaban J connectivity index is 1.98. The zero-order chi connectivity index (χ0) is 13.7. The third-order valence-corrected chi connectivity index (χ3v) is 2.71. The van der Waals surface area contributed by atoms with Crippen LogP contribution in [0.1, 0.15) is 18.1 Å². The molecule has 0 atom stereocenters. The van der Waals surface area contributed by atoms with Crippen LogP contribution in [0.25, 0.3) is 0 Å². The third kappa shape index (κ3) is 3.68. The first-order valence-electron chi connectivity index (χ1n) is 6.27. The summed E-state index contributed by atoms with van der Waals surface area (Å²) in [6.07, 6.45) is 1.77. The van der Waals surface area contributed by atoms with Crippen molar-refractivity contribution >= 4 is 5.82 Å². The van der Waals surface area contributed by atoms with Gasteiger partial charge in [-0.2, -0.15) is 0 Å². The first-order chi connectivity index (χ1) is 9.19. The Kier molecular flexibility index (Phi) is 4.34. The van der Waals surface area contributed by atoms with E-state index in [2.05, 4.69) is 10.3 Å². The normalized spacial score (nSPS) is 10.3. The summed E-state index contributed by atoms with van der Waals surface area (Å²) in [6.45, 7) is 5.12. The molecule has 0 bridgehead atoms. The van der Waals surface area contributed by atoms with Gasteiger partial charge in [0.05, 0.1) is 0 Å². The summed E-state index contributed by atoms with van der Waals surface area (Å²) in [5, 5.41) is 3.13. The van der Waals surface area contributed by atoms with Crippen molar-refractivity contribution in [3.63, 3.8) is 0 Å². The van der Waals surface area contributed by atoms with E-state index in [0.29, 0.717) is 12.4 Å². The van der Waals surface area contributed by atoms with Crippen molar-refractivity contribution < 1.29 is 9.13 Å². The van der Waals surface area contributed by atoms with E-state index in [-0.39, 0.29) is 5.82 Å². The first kappa shape index (κ1) is 13.3. The predicted molar refractivity (Wildman–Crippen MR) is 73.9 cm³/mol. The van der Waals surface area contributed by atoms with E-state index in [9.17, 15) is 4.39 Å². The van der Waals surface area contributed by atoms with E-state index in [1.54, 1.807) is 12.3 Å². The molecule has 0 aliphatic rings. The highest BCUT2D eigenvalue weighted by atomic mass is 19.1. The van der Waals surface area contributed by atoms with Crippen LogP contribution in [-0.4, -0.2) is 11.5 Å². The van der Waals surface area contributed by atoms with E-state index in [4.69, 9.17) is 4.74 Å². The molecule has 0 radical (unpaired) electrons. The molecule has 2 rings (SSSR count). The lowest BCUT2D eigenvalue weighted by molar-refractivity contribution is 0.303. The van der Waals surface area contributed by atoms with Crippen molar-refractivity contribution in [1.29, 1.82) is 0 Å². The minimum absolute atomic E-state index is 0.249. The third-order valence-electron chi connectivity index (χ3n) is 2.71. The number of aromatic nitrogens is 1. The maximum atomic E-state index is 13.0. The highest BCUT2D eigenvalue weighted by Crippen LogP contribution is 2.19. The predicted octanol–water partition coefficient (Wildman–Crippen LogP) is 3.54. The molecule has 1 N–H and O–H groups in total. The van der Waals surface area contributed by atoms with Gasteiger partial charge in [0.25, 0.3) is 0 Å². The molecule has 2 aromatic rings. The summed E-state index contributed by atoms with van der Waals surface area (Å²) in [5.41, 5.74) is 1.77. The molecular weight excluding hydrogens is 243 g/mol. The lowest BCUT2D eigenvalue weighted by atomic mass is 10.2. The molecule has 0 aliphatic carbocycles. The molecule has 1 aromatic heterocycles. The topological polar surface area (TPSA) is 34.1 Å². The second-order valence-electron chi connectivity index (χ2n) is 4.28. The Bertz CT molecular complexity index is 540. The number of ether oxygens (including phenoxy) is 1. The number of hydrogen-bond donors (Lipinski definition) is 1. The molecule has 0 saturated heterocycles. The van der Waals surface area contributed by atoms with Crippen LogP contribution in [-0.2, 0) is 6.61 Å².